The van der Waals surface area contributed by atoms with Gasteiger partial charge in [0.05, 0.1) is 18.9 Å². The SMILES string of the molecule is COC1=CC(=O)[C@@H]2C(=O)C1CCC2(C)C. The van der Waals surface area contributed by atoms with Gasteiger partial charge < -0.3 is 4.74 Å². The van der Waals surface area contributed by atoms with Crippen LogP contribution in [-0.4, -0.2) is 18.7 Å². The molecule has 2 bridgehead atoms. The second kappa shape index (κ2) is 3.19. The zero-order chi connectivity index (χ0) is 11.2. The summed E-state index contributed by atoms with van der Waals surface area (Å²) < 4.78 is 5.11. The van der Waals surface area contributed by atoms with Crippen LogP contribution >= 0.6 is 0 Å². The molecule has 2 rings (SSSR count). The molecule has 15 heavy (non-hydrogen) atoms. The number of Topliss-reactive ketones (excluding diaryl/α,β-unsaturated/α-hetero) is 1. The molecule has 2 aliphatic rings. The first-order chi connectivity index (χ1) is 6.97. The average Bonchev–Trinajstić information content (AvgIpc) is 2.13. The van der Waals surface area contributed by atoms with Crippen molar-refractivity contribution in [1.29, 1.82) is 0 Å². The highest BCUT2D eigenvalue weighted by atomic mass is 16.5. The summed E-state index contributed by atoms with van der Waals surface area (Å²) in [6.45, 7) is 3.99. The zero-order valence-corrected chi connectivity index (χ0v) is 9.37. The summed E-state index contributed by atoms with van der Waals surface area (Å²) in [7, 11) is 1.52. The maximum atomic E-state index is 12.1. The summed E-state index contributed by atoms with van der Waals surface area (Å²) in [4.78, 5) is 23.9. The van der Waals surface area contributed by atoms with Crippen molar-refractivity contribution in [2.45, 2.75) is 26.7 Å². The first-order valence-corrected chi connectivity index (χ1v) is 5.30. The van der Waals surface area contributed by atoms with E-state index >= 15 is 0 Å². The average molecular weight is 208 g/mol. The van der Waals surface area contributed by atoms with Gasteiger partial charge in [-0.15, -0.1) is 0 Å². The van der Waals surface area contributed by atoms with Gasteiger partial charge in [0.1, 0.15) is 5.76 Å². The third kappa shape index (κ3) is 1.41. The molecular weight excluding hydrogens is 192 g/mol. The van der Waals surface area contributed by atoms with Gasteiger partial charge in [-0.2, -0.15) is 0 Å². The summed E-state index contributed by atoms with van der Waals surface area (Å²) >= 11 is 0. The van der Waals surface area contributed by atoms with Crippen LogP contribution in [0, 0.1) is 17.3 Å². The highest BCUT2D eigenvalue weighted by Gasteiger charge is 2.50. The second-order valence-corrected chi connectivity index (χ2v) is 5.07. The predicted octanol–water partition coefficient (Wildman–Crippen LogP) is 1.72. The monoisotopic (exact) mass is 208 g/mol. The lowest BCUT2D eigenvalue weighted by Crippen LogP contribution is -2.47. The third-order valence-corrected chi connectivity index (χ3v) is 3.63. The summed E-state index contributed by atoms with van der Waals surface area (Å²) in [6, 6.07) is 0. The van der Waals surface area contributed by atoms with Crippen LogP contribution in [-0.2, 0) is 14.3 Å². The largest absolute Gasteiger partial charge is 0.500 e. The fourth-order valence-electron chi connectivity index (χ4n) is 2.72. The number of hydrogen-bond acceptors (Lipinski definition) is 3. The van der Waals surface area contributed by atoms with Gasteiger partial charge in [-0.3, -0.25) is 9.59 Å². The van der Waals surface area contributed by atoms with Crippen LogP contribution in [0.3, 0.4) is 0 Å². The molecule has 0 N–H and O–H groups in total. The van der Waals surface area contributed by atoms with E-state index in [2.05, 4.69) is 0 Å². The molecule has 0 aromatic carbocycles. The van der Waals surface area contributed by atoms with E-state index in [1.807, 2.05) is 13.8 Å². The van der Waals surface area contributed by atoms with Crippen molar-refractivity contribution in [1.82, 2.24) is 0 Å². The molecule has 0 amide bonds. The molecule has 2 atom stereocenters. The van der Waals surface area contributed by atoms with Gasteiger partial charge >= 0.3 is 0 Å². The lowest BCUT2D eigenvalue weighted by Gasteiger charge is -2.42. The van der Waals surface area contributed by atoms with Gasteiger partial charge in [0.2, 0.25) is 0 Å². The fraction of sp³-hybridized carbons (Fsp3) is 0.667. The van der Waals surface area contributed by atoms with Crippen molar-refractivity contribution in [2.75, 3.05) is 7.11 Å². The Bertz CT molecular complexity index is 352. The number of methoxy groups -OCH3 is 1. The Morgan fingerprint density at radius 3 is 2.67 bits per heavy atom. The molecule has 0 saturated heterocycles. The first-order valence-electron chi connectivity index (χ1n) is 5.30. The van der Waals surface area contributed by atoms with Gasteiger partial charge in [0, 0.05) is 6.08 Å². The Balaban J connectivity index is 2.45. The van der Waals surface area contributed by atoms with E-state index in [9.17, 15) is 9.59 Å². The van der Waals surface area contributed by atoms with Crippen LogP contribution in [0.25, 0.3) is 0 Å². The molecular formula is C12H16O3. The van der Waals surface area contributed by atoms with E-state index in [0.29, 0.717) is 5.76 Å². The van der Waals surface area contributed by atoms with Crippen LogP contribution in [0.2, 0.25) is 0 Å². The van der Waals surface area contributed by atoms with Crippen molar-refractivity contribution in [3.63, 3.8) is 0 Å². The van der Waals surface area contributed by atoms with Crippen LogP contribution in [0.5, 0.6) is 0 Å². The maximum absolute atomic E-state index is 12.1. The fourth-order valence-corrected chi connectivity index (χ4v) is 2.72. The Kier molecular flexibility index (Phi) is 2.21. The van der Waals surface area contributed by atoms with Gasteiger partial charge in [-0.05, 0) is 18.3 Å². The Hall–Kier alpha value is -1.12. The Morgan fingerprint density at radius 1 is 1.40 bits per heavy atom. The lowest BCUT2D eigenvalue weighted by atomic mass is 9.60. The van der Waals surface area contributed by atoms with Crippen molar-refractivity contribution in [2.24, 2.45) is 17.3 Å². The molecule has 2 aliphatic carbocycles. The number of allylic oxidation sites excluding steroid dienone is 2. The minimum Gasteiger partial charge on any atom is -0.500 e. The normalized spacial score (nSPS) is 33.7. The smallest absolute Gasteiger partial charge is 0.170 e. The number of carbonyl (C=O) groups is 2. The number of fused-ring (bicyclic) bond motifs is 2. The van der Waals surface area contributed by atoms with Gasteiger partial charge in [0.15, 0.2) is 11.6 Å². The van der Waals surface area contributed by atoms with Gasteiger partial charge in [-0.1, -0.05) is 13.8 Å². The minimum absolute atomic E-state index is 0.0515. The predicted molar refractivity (Wildman–Crippen MR) is 55.1 cm³/mol. The molecule has 0 aliphatic heterocycles. The highest BCUT2D eigenvalue weighted by molar-refractivity contribution is 6.13. The molecule has 1 saturated carbocycles. The number of ketones is 2. The van der Waals surface area contributed by atoms with Crippen LogP contribution < -0.4 is 0 Å². The molecule has 0 aromatic heterocycles. The molecule has 82 valence electrons. The van der Waals surface area contributed by atoms with Crippen LogP contribution in [0.4, 0.5) is 0 Å². The van der Waals surface area contributed by atoms with Gasteiger partial charge in [0.25, 0.3) is 0 Å². The van der Waals surface area contributed by atoms with Gasteiger partial charge in [-0.25, -0.2) is 0 Å². The zero-order valence-electron chi connectivity index (χ0n) is 9.37. The Labute approximate surface area is 89.5 Å². The number of ether oxygens (including phenoxy) is 1. The van der Waals surface area contributed by atoms with E-state index < -0.39 is 5.92 Å². The van der Waals surface area contributed by atoms with E-state index in [1.54, 1.807) is 0 Å². The maximum Gasteiger partial charge on any atom is 0.170 e. The first kappa shape index (κ1) is 10.4. The molecule has 3 nitrogen and oxygen atoms in total. The molecule has 0 spiro atoms. The summed E-state index contributed by atoms with van der Waals surface area (Å²) in [5, 5.41) is 0. The standard InChI is InChI=1S/C12H16O3/c1-12(2)5-4-7-9(15-3)6-8(13)10(12)11(7)14/h6-7,10H,4-5H2,1-3H3/t7?,10-/m1/s1. The third-order valence-electron chi connectivity index (χ3n) is 3.63. The topological polar surface area (TPSA) is 43.4 Å². The highest BCUT2D eigenvalue weighted by Crippen LogP contribution is 2.46. The quantitative estimate of drug-likeness (QED) is 0.616. The Morgan fingerprint density at radius 2 is 2.07 bits per heavy atom. The number of rotatable bonds is 1. The minimum atomic E-state index is -0.449. The second-order valence-electron chi connectivity index (χ2n) is 5.07. The van der Waals surface area contributed by atoms with Crippen molar-refractivity contribution < 1.29 is 14.3 Å². The molecule has 0 radical (unpaired) electrons. The van der Waals surface area contributed by atoms with Crippen LogP contribution in [0.15, 0.2) is 11.8 Å². The number of hydrogen-bond donors (Lipinski definition) is 0. The molecule has 1 fully saturated rings. The lowest BCUT2D eigenvalue weighted by molar-refractivity contribution is -0.143. The number of carbonyl (C=O) groups excluding carboxylic acids is 2. The van der Waals surface area contributed by atoms with Crippen LogP contribution in [0.1, 0.15) is 26.7 Å². The van der Waals surface area contributed by atoms with E-state index in [-0.39, 0.29) is 22.9 Å². The van der Waals surface area contributed by atoms with Crippen molar-refractivity contribution in [3.8, 4) is 0 Å². The van der Waals surface area contributed by atoms with Crippen molar-refractivity contribution >= 4 is 11.6 Å². The van der Waals surface area contributed by atoms with E-state index in [4.69, 9.17) is 4.74 Å². The van der Waals surface area contributed by atoms with Crippen molar-refractivity contribution in [3.05, 3.63) is 11.8 Å². The summed E-state index contributed by atoms with van der Waals surface area (Å²) in [5.41, 5.74) is -0.194. The molecule has 0 heterocycles. The molecule has 3 heteroatoms. The summed E-state index contributed by atoms with van der Waals surface area (Å²) in [6.07, 6.45) is 3.22. The molecule has 0 aromatic rings. The molecule has 1 unspecified atom stereocenters. The summed E-state index contributed by atoms with van der Waals surface area (Å²) in [5.74, 6) is -0.106. The van der Waals surface area contributed by atoms with E-state index in [1.165, 1.54) is 13.2 Å². The van der Waals surface area contributed by atoms with E-state index in [0.717, 1.165) is 12.8 Å².